The number of anilines is 1. The summed E-state index contributed by atoms with van der Waals surface area (Å²) in [5.74, 6) is -1.00. The van der Waals surface area contributed by atoms with Gasteiger partial charge in [0.05, 0.1) is 12.6 Å². The van der Waals surface area contributed by atoms with Crippen LogP contribution in [0.5, 0.6) is 0 Å². The van der Waals surface area contributed by atoms with Crippen molar-refractivity contribution in [2.24, 2.45) is 0 Å². The lowest BCUT2D eigenvalue weighted by atomic mass is 10.2. The number of halogens is 1. The summed E-state index contributed by atoms with van der Waals surface area (Å²) < 4.78 is 13.2. The summed E-state index contributed by atoms with van der Waals surface area (Å²) >= 11 is 0. The zero-order valence-corrected chi connectivity index (χ0v) is 15.9. The Morgan fingerprint density at radius 1 is 1.25 bits per heavy atom. The Kier molecular flexibility index (Phi) is 8.09. The maximum Gasteiger partial charge on any atom is 0.321 e. The first-order chi connectivity index (χ1) is 13.4. The van der Waals surface area contributed by atoms with Crippen LogP contribution in [0.25, 0.3) is 0 Å². The molecule has 0 saturated carbocycles. The van der Waals surface area contributed by atoms with E-state index in [2.05, 4.69) is 22.5 Å². The molecule has 0 radical (unpaired) electrons. The molecule has 1 aliphatic rings. The predicted molar refractivity (Wildman–Crippen MR) is 104 cm³/mol. The number of carbonyl (C=O) groups excluding carboxylic acids is 3. The van der Waals surface area contributed by atoms with Crippen LogP contribution in [0.4, 0.5) is 14.9 Å². The predicted octanol–water partition coefficient (Wildman–Crippen LogP) is 0.782. The Labute approximate surface area is 163 Å². The Morgan fingerprint density at radius 2 is 1.96 bits per heavy atom. The first-order valence-corrected chi connectivity index (χ1v) is 9.10. The lowest BCUT2D eigenvalue weighted by Crippen LogP contribution is -2.54. The highest BCUT2D eigenvalue weighted by Crippen LogP contribution is 2.12. The lowest BCUT2D eigenvalue weighted by molar-refractivity contribution is -0.124. The third kappa shape index (κ3) is 6.75. The molecule has 1 fully saturated rings. The molecule has 4 amide bonds. The van der Waals surface area contributed by atoms with Gasteiger partial charge in [0, 0.05) is 38.4 Å². The van der Waals surface area contributed by atoms with Gasteiger partial charge in [0.2, 0.25) is 11.8 Å². The molecule has 3 N–H and O–H groups in total. The molecule has 0 aromatic heterocycles. The van der Waals surface area contributed by atoms with Gasteiger partial charge in [0.25, 0.3) is 0 Å². The maximum absolute atomic E-state index is 13.2. The van der Waals surface area contributed by atoms with E-state index in [0.29, 0.717) is 31.9 Å². The van der Waals surface area contributed by atoms with E-state index in [1.54, 1.807) is 13.0 Å². The van der Waals surface area contributed by atoms with E-state index in [0.717, 1.165) is 0 Å². The number of carbonyl (C=O) groups is 3. The molecule has 1 aliphatic heterocycles. The summed E-state index contributed by atoms with van der Waals surface area (Å²) in [5, 5.41) is 7.45. The van der Waals surface area contributed by atoms with Crippen LogP contribution in [-0.2, 0) is 9.59 Å². The summed E-state index contributed by atoms with van der Waals surface area (Å²) in [4.78, 5) is 39.7. The van der Waals surface area contributed by atoms with Crippen molar-refractivity contribution in [1.29, 1.82) is 0 Å². The number of hydrogen-bond donors (Lipinski definition) is 3. The van der Waals surface area contributed by atoms with E-state index in [1.165, 1.54) is 24.3 Å². The SMILES string of the molecule is C=CCNC(=O)NC(=O)CN1CCN(C(C)C(=O)Nc2cccc(F)c2)CC1. The van der Waals surface area contributed by atoms with Gasteiger partial charge >= 0.3 is 6.03 Å². The molecule has 152 valence electrons. The van der Waals surface area contributed by atoms with Crippen LogP contribution in [0.3, 0.4) is 0 Å². The van der Waals surface area contributed by atoms with E-state index in [4.69, 9.17) is 0 Å². The topological polar surface area (TPSA) is 93.8 Å². The molecule has 28 heavy (non-hydrogen) atoms. The Bertz CT molecular complexity index is 719. The quantitative estimate of drug-likeness (QED) is 0.598. The van der Waals surface area contributed by atoms with Crippen molar-refractivity contribution < 1.29 is 18.8 Å². The maximum atomic E-state index is 13.2. The number of amides is 4. The molecule has 1 atom stereocenters. The molecular weight excluding hydrogens is 365 g/mol. The first-order valence-electron chi connectivity index (χ1n) is 9.10. The van der Waals surface area contributed by atoms with Gasteiger partial charge in [-0.05, 0) is 25.1 Å². The van der Waals surface area contributed by atoms with Gasteiger partial charge in [0.15, 0.2) is 0 Å². The van der Waals surface area contributed by atoms with Gasteiger partial charge in [-0.15, -0.1) is 6.58 Å². The van der Waals surface area contributed by atoms with Crippen LogP contribution in [0.15, 0.2) is 36.9 Å². The van der Waals surface area contributed by atoms with E-state index >= 15 is 0 Å². The van der Waals surface area contributed by atoms with E-state index < -0.39 is 11.8 Å². The molecule has 1 saturated heterocycles. The molecular formula is C19H26FN5O3. The van der Waals surface area contributed by atoms with E-state index in [1.807, 2.05) is 9.80 Å². The molecule has 0 bridgehead atoms. The van der Waals surface area contributed by atoms with Crippen molar-refractivity contribution >= 4 is 23.5 Å². The molecule has 1 heterocycles. The smallest absolute Gasteiger partial charge is 0.321 e. The van der Waals surface area contributed by atoms with Crippen LogP contribution in [0.2, 0.25) is 0 Å². The summed E-state index contributed by atoms with van der Waals surface area (Å²) in [5.41, 5.74) is 0.418. The van der Waals surface area contributed by atoms with Crippen LogP contribution in [0, 0.1) is 5.82 Å². The number of benzene rings is 1. The highest BCUT2D eigenvalue weighted by Gasteiger charge is 2.26. The van der Waals surface area contributed by atoms with E-state index in [-0.39, 0.29) is 30.9 Å². The zero-order valence-electron chi connectivity index (χ0n) is 15.9. The summed E-state index contributed by atoms with van der Waals surface area (Å²) in [6.45, 7) is 8.07. The largest absolute Gasteiger partial charge is 0.334 e. The highest BCUT2D eigenvalue weighted by atomic mass is 19.1. The zero-order chi connectivity index (χ0) is 20.5. The molecule has 2 rings (SSSR count). The molecule has 1 unspecified atom stereocenters. The van der Waals surface area contributed by atoms with Crippen LogP contribution in [0.1, 0.15) is 6.92 Å². The van der Waals surface area contributed by atoms with Crippen molar-refractivity contribution in [3.63, 3.8) is 0 Å². The first kappa shape index (κ1) is 21.5. The Morgan fingerprint density at radius 3 is 2.61 bits per heavy atom. The third-order valence-corrected chi connectivity index (χ3v) is 4.45. The van der Waals surface area contributed by atoms with Gasteiger partial charge < -0.3 is 10.6 Å². The van der Waals surface area contributed by atoms with Gasteiger partial charge in [0.1, 0.15) is 5.82 Å². The normalized spacial score (nSPS) is 16.1. The standard InChI is InChI=1S/C19H26FN5O3/c1-3-7-21-19(28)23-17(26)13-24-8-10-25(11-9-24)14(2)18(27)22-16-6-4-5-15(20)12-16/h3-6,12,14H,1,7-11,13H2,2H3,(H,22,27)(H2,21,23,26,28). The number of piperazine rings is 1. The third-order valence-electron chi connectivity index (χ3n) is 4.45. The Hall–Kier alpha value is -2.78. The number of imide groups is 1. The van der Waals surface area contributed by atoms with Gasteiger partial charge in [-0.1, -0.05) is 12.1 Å². The van der Waals surface area contributed by atoms with Crippen molar-refractivity contribution in [2.75, 3.05) is 44.6 Å². The summed E-state index contributed by atoms with van der Waals surface area (Å²) in [7, 11) is 0. The molecule has 8 nitrogen and oxygen atoms in total. The van der Waals surface area contributed by atoms with Crippen molar-refractivity contribution in [3.05, 3.63) is 42.7 Å². The van der Waals surface area contributed by atoms with Crippen molar-refractivity contribution in [1.82, 2.24) is 20.4 Å². The van der Waals surface area contributed by atoms with Crippen molar-refractivity contribution in [2.45, 2.75) is 13.0 Å². The van der Waals surface area contributed by atoms with E-state index in [9.17, 15) is 18.8 Å². The number of nitrogens with one attached hydrogen (secondary N) is 3. The second-order valence-corrected chi connectivity index (χ2v) is 6.53. The monoisotopic (exact) mass is 391 g/mol. The minimum atomic E-state index is -0.550. The second-order valence-electron chi connectivity index (χ2n) is 6.53. The molecule has 1 aromatic carbocycles. The summed E-state index contributed by atoms with van der Waals surface area (Å²) in [6.07, 6.45) is 1.52. The molecule has 0 spiro atoms. The average molecular weight is 391 g/mol. The summed E-state index contributed by atoms with van der Waals surface area (Å²) in [6, 6.07) is 4.83. The Balaban J connectivity index is 1.74. The molecule has 1 aromatic rings. The van der Waals surface area contributed by atoms with Gasteiger partial charge in [-0.3, -0.25) is 24.7 Å². The molecule has 9 heteroatoms. The molecule has 0 aliphatic carbocycles. The van der Waals surface area contributed by atoms with Crippen LogP contribution < -0.4 is 16.0 Å². The van der Waals surface area contributed by atoms with Crippen LogP contribution >= 0.6 is 0 Å². The fourth-order valence-corrected chi connectivity index (χ4v) is 2.87. The van der Waals surface area contributed by atoms with Gasteiger partial charge in [-0.2, -0.15) is 0 Å². The fourth-order valence-electron chi connectivity index (χ4n) is 2.87. The minimum absolute atomic E-state index is 0.110. The van der Waals surface area contributed by atoms with Gasteiger partial charge in [-0.25, -0.2) is 9.18 Å². The second kappa shape index (κ2) is 10.5. The van der Waals surface area contributed by atoms with Crippen LogP contribution in [-0.4, -0.2) is 73.0 Å². The van der Waals surface area contributed by atoms with Crippen molar-refractivity contribution in [3.8, 4) is 0 Å². The number of hydrogen-bond acceptors (Lipinski definition) is 5. The number of rotatable bonds is 7. The highest BCUT2D eigenvalue weighted by molar-refractivity contribution is 5.95. The fraction of sp³-hybridized carbons (Fsp3) is 0.421. The average Bonchev–Trinajstić information content (AvgIpc) is 2.66. The number of nitrogens with zero attached hydrogens (tertiary/aromatic N) is 2. The lowest BCUT2D eigenvalue weighted by Gasteiger charge is -2.37. The minimum Gasteiger partial charge on any atom is -0.334 e. The number of urea groups is 1.